The van der Waals surface area contributed by atoms with E-state index in [-0.39, 0.29) is 12.1 Å². The van der Waals surface area contributed by atoms with Crippen LogP contribution in [0.2, 0.25) is 0 Å². The summed E-state index contributed by atoms with van der Waals surface area (Å²) in [7, 11) is 0. The number of aryl methyl sites for hydroxylation is 3. The molecule has 2 aliphatic heterocycles. The van der Waals surface area contributed by atoms with Gasteiger partial charge in [0.15, 0.2) is 0 Å². The van der Waals surface area contributed by atoms with Gasteiger partial charge in [0, 0.05) is 87.8 Å². The zero-order chi connectivity index (χ0) is 61.2. The molecule has 0 unspecified atom stereocenters. The van der Waals surface area contributed by atoms with E-state index in [4.69, 9.17) is 4.74 Å². The van der Waals surface area contributed by atoms with Crippen LogP contribution in [0.1, 0.15) is 43.0 Å². The molecule has 434 valence electrons. The van der Waals surface area contributed by atoms with Crippen molar-refractivity contribution in [2.24, 2.45) is 0 Å². The first-order chi connectivity index (χ1) is 45.0. The fraction of sp³-hybridized carbons (Fsp3) is 0.0824. The summed E-state index contributed by atoms with van der Waals surface area (Å²) in [6, 6.07) is 96.1. The molecule has 0 spiro atoms. The number of benzene rings is 13. The van der Waals surface area contributed by atoms with E-state index < -0.39 is 0 Å². The lowest BCUT2D eigenvalue weighted by Crippen LogP contribution is -2.58. The summed E-state index contributed by atoms with van der Waals surface area (Å²) in [6.07, 6.45) is 0. The van der Waals surface area contributed by atoms with Gasteiger partial charge in [-0.05, 0) is 192 Å². The summed E-state index contributed by atoms with van der Waals surface area (Å²) in [5.74, 6) is 1.83. The molecule has 0 saturated heterocycles. The van der Waals surface area contributed by atoms with Crippen molar-refractivity contribution in [3.63, 3.8) is 0 Å². The van der Waals surface area contributed by atoms with Gasteiger partial charge in [-0.1, -0.05) is 160 Å². The number of ether oxygens (including phenoxy) is 1. The summed E-state index contributed by atoms with van der Waals surface area (Å²) in [5.41, 5.74) is 28.5. The Hall–Kier alpha value is -11.3. The number of hydrogen-bond acceptors (Lipinski definition) is 1. The van der Waals surface area contributed by atoms with Crippen molar-refractivity contribution < 1.29 is 4.74 Å². The Balaban J connectivity index is 0.877. The minimum absolute atomic E-state index is 0.0887. The summed E-state index contributed by atoms with van der Waals surface area (Å²) in [5, 5.41) is 12.3. The van der Waals surface area contributed by atoms with Gasteiger partial charge >= 0.3 is 0 Å². The minimum Gasteiger partial charge on any atom is -0.458 e. The van der Waals surface area contributed by atoms with E-state index in [0.717, 1.165) is 67.6 Å². The molecular weight excluding hydrogens is 1120 g/mol. The number of rotatable bonds is 5. The summed E-state index contributed by atoms with van der Waals surface area (Å²) >= 11 is 0. The Morgan fingerprint density at radius 1 is 0.315 bits per heavy atom. The molecule has 0 amide bonds. The second-order valence-electron chi connectivity index (χ2n) is 27.0. The van der Waals surface area contributed by atoms with E-state index in [0.29, 0.717) is 0 Å². The third kappa shape index (κ3) is 7.00. The van der Waals surface area contributed by atoms with Crippen LogP contribution in [0.25, 0.3) is 149 Å². The molecule has 0 fully saturated rings. The van der Waals surface area contributed by atoms with Crippen LogP contribution in [0.5, 0.6) is 11.5 Å². The Bertz CT molecular complexity index is 6200. The molecule has 7 heterocycles. The quantitative estimate of drug-likeness (QED) is 0.158. The molecule has 0 N–H and O–H groups in total. The predicted molar refractivity (Wildman–Crippen MR) is 388 cm³/mol. The molecule has 0 atom stereocenters. The minimum atomic E-state index is -0.137. The molecule has 0 aliphatic carbocycles. The van der Waals surface area contributed by atoms with Gasteiger partial charge in [0.1, 0.15) is 11.5 Å². The average Bonchev–Trinajstić information content (AvgIpc) is 1.38. The highest BCUT2D eigenvalue weighted by Gasteiger charge is 2.42. The average molecular weight is 1180 g/mol. The van der Waals surface area contributed by atoms with Crippen molar-refractivity contribution in [2.75, 3.05) is 0 Å². The second kappa shape index (κ2) is 18.4. The summed E-state index contributed by atoms with van der Waals surface area (Å²) in [6.45, 7) is 13.5. The normalized spacial score (nSPS) is 13.0. The van der Waals surface area contributed by atoms with Crippen molar-refractivity contribution in [3.8, 4) is 51.1 Å². The van der Waals surface area contributed by atoms with Gasteiger partial charge < -0.3 is 27.6 Å². The Labute approximate surface area is 531 Å². The van der Waals surface area contributed by atoms with Gasteiger partial charge in [-0.25, -0.2) is 0 Å². The first kappa shape index (κ1) is 51.6. The first-order valence-electron chi connectivity index (χ1n) is 32.3. The van der Waals surface area contributed by atoms with Crippen molar-refractivity contribution >= 4 is 132 Å². The Morgan fingerprint density at radius 3 is 1.16 bits per heavy atom. The maximum absolute atomic E-state index is 7.44. The standard InChI is InChI=1S/C85H60BN5O/c1-49-39-50(2)82(51(3)40-49)52-41-79-83-81(42-52)92-80-43-53(85(4,5)6)31-35-68(80)86(83)69-48-57(90-75-30-18-12-24-63(75)65-45-55(33-37-77(65)90)88-72-27-15-9-21-60(72)61-22-10-16-28-73(61)88)47-67-66-46-56(34-38-78(66)91(79)84(67)69)89-74-29-17-11-23-62(74)64-44-54(32-36-76(64)89)87-70-25-13-7-19-58(70)59-20-8-14-26-71(59)87/h7-48H,1-6H3. The van der Waals surface area contributed by atoms with Gasteiger partial charge in [0.05, 0.1) is 49.7 Å². The number of nitrogens with zero attached hydrogens (tertiary/aromatic N) is 5. The molecule has 0 radical (unpaired) electrons. The number of para-hydroxylation sites is 6. The Morgan fingerprint density at radius 2 is 0.707 bits per heavy atom. The predicted octanol–water partition coefficient (Wildman–Crippen LogP) is 20.0. The van der Waals surface area contributed by atoms with Crippen LogP contribution in [0, 0.1) is 20.8 Å². The van der Waals surface area contributed by atoms with Gasteiger partial charge in [-0.3, -0.25) is 0 Å². The summed E-state index contributed by atoms with van der Waals surface area (Å²) in [4.78, 5) is 0. The lowest BCUT2D eigenvalue weighted by Gasteiger charge is -2.35. The fourth-order valence-electron chi connectivity index (χ4n) is 16.9. The van der Waals surface area contributed by atoms with Crippen molar-refractivity contribution in [1.82, 2.24) is 22.8 Å². The van der Waals surface area contributed by atoms with E-state index in [9.17, 15) is 0 Å². The highest BCUT2D eigenvalue weighted by molar-refractivity contribution is 6.99. The zero-order valence-corrected chi connectivity index (χ0v) is 52.0. The van der Waals surface area contributed by atoms with Gasteiger partial charge in [0.2, 0.25) is 0 Å². The van der Waals surface area contributed by atoms with Crippen molar-refractivity contribution in [3.05, 3.63) is 277 Å². The lowest BCUT2D eigenvalue weighted by molar-refractivity contribution is 0.483. The maximum atomic E-state index is 7.44. The zero-order valence-electron chi connectivity index (χ0n) is 52.0. The van der Waals surface area contributed by atoms with E-state index in [1.165, 1.54) is 131 Å². The molecule has 2 aliphatic rings. The van der Waals surface area contributed by atoms with Gasteiger partial charge in [0.25, 0.3) is 6.71 Å². The van der Waals surface area contributed by atoms with E-state index in [2.05, 4.69) is 319 Å². The summed E-state index contributed by atoms with van der Waals surface area (Å²) < 4.78 is 19.9. The largest absolute Gasteiger partial charge is 0.458 e. The smallest absolute Gasteiger partial charge is 0.256 e. The SMILES string of the molecule is Cc1cc(C)c(-c2cc3c4c(c2)-n2c5ccc(-n6c7ccccc7c7cc(-n8c9ccccc9c9ccccc98)ccc76)cc5c5cc(-n6c7ccccc7c7cc(-n8c9ccccc9c9ccccc98)ccc76)cc(c52)B4c2ccc(C(C)(C)C)cc2O3)c(C)c1. The molecule has 13 aromatic carbocycles. The molecule has 0 saturated carbocycles. The molecule has 18 aromatic rings. The molecule has 7 heteroatoms. The Kier molecular flexibility index (Phi) is 10.3. The molecule has 6 nitrogen and oxygen atoms in total. The van der Waals surface area contributed by atoms with Crippen LogP contribution in [0.3, 0.4) is 0 Å². The van der Waals surface area contributed by atoms with Crippen LogP contribution < -0.4 is 21.1 Å². The molecule has 0 bridgehead atoms. The molecule has 20 rings (SSSR count). The molecular formula is C85H60BN5O. The van der Waals surface area contributed by atoms with Gasteiger partial charge in [-0.15, -0.1) is 0 Å². The lowest BCUT2D eigenvalue weighted by atomic mass is 9.34. The topological polar surface area (TPSA) is 33.9 Å². The number of fused-ring (bicyclic) bond motifs is 19. The van der Waals surface area contributed by atoms with Crippen LogP contribution >= 0.6 is 0 Å². The van der Waals surface area contributed by atoms with Crippen LogP contribution in [0.15, 0.2) is 255 Å². The highest BCUT2D eigenvalue weighted by Crippen LogP contribution is 2.46. The first-order valence-corrected chi connectivity index (χ1v) is 32.3. The number of aromatic nitrogens is 5. The molecule has 5 aromatic heterocycles. The monoisotopic (exact) mass is 1180 g/mol. The fourth-order valence-corrected chi connectivity index (χ4v) is 16.9. The van der Waals surface area contributed by atoms with E-state index in [1.807, 2.05) is 0 Å². The van der Waals surface area contributed by atoms with E-state index >= 15 is 0 Å². The highest BCUT2D eigenvalue weighted by atomic mass is 16.5. The third-order valence-corrected chi connectivity index (χ3v) is 20.7. The number of hydrogen-bond donors (Lipinski definition) is 0. The van der Waals surface area contributed by atoms with Crippen LogP contribution in [-0.4, -0.2) is 29.5 Å². The van der Waals surface area contributed by atoms with Crippen molar-refractivity contribution in [2.45, 2.75) is 47.0 Å². The molecule has 92 heavy (non-hydrogen) atoms. The van der Waals surface area contributed by atoms with Crippen LogP contribution in [0.4, 0.5) is 0 Å². The maximum Gasteiger partial charge on any atom is 0.256 e. The van der Waals surface area contributed by atoms with Crippen LogP contribution in [-0.2, 0) is 5.41 Å². The van der Waals surface area contributed by atoms with E-state index in [1.54, 1.807) is 0 Å². The second-order valence-corrected chi connectivity index (χ2v) is 27.0. The van der Waals surface area contributed by atoms with Crippen molar-refractivity contribution in [1.29, 1.82) is 0 Å². The van der Waals surface area contributed by atoms with Gasteiger partial charge in [-0.2, -0.15) is 0 Å². The third-order valence-electron chi connectivity index (χ3n) is 20.7.